The summed E-state index contributed by atoms with van der Waals surface area (Å²) in [6.07, 6.45) is -1.79. The highest BCUT2D eigenvalue weighted by atomic mass is 19.4. The van der Waals surface area contributed by atoms with Crippen LogP contribution in [-0.2, 0) is 24.1 Å². The van der Waals surface area contributed by atoms with E-state index in [-0.39, 0.29) is 30.0 Å². The van der Waals surface area contributed by atoms with Crippen LogP contribution in [0.1, 0.15) is 42.4 Å². The maximum Gasteiger partial charge on any atom is 0.416 e. The van der Waals surface area contributed by atoms with E-state index in [1.807, 2.05) is 30.3 Å². The minimum atomic E-state index is -4.45. The molecule has 4 rings (SSSR count). The smallest absolute Gasteiger partial charge is 0.357 e. The number of hydrogen-bond donors (Lipinski definition) is 4. The van der Waals surface area contributed by atoms with E-state index in [0.29, 0.717) is 50.1 Å². The number of carbonyl (C=O) groups is 1. The van der Waals surface area contributed by atoms with E-state index in [1.165, 1.54) is 18.2 Å². The highest BCUT2D eigenvalue weighted by Crippen LogP contribution is 2.32. The fourth-order valence-corrected chi connectivity index (χ4v) is 4.37. The second-order valence-electron chi connectivity index (χ2n) is 8.96. The van der Waals surface area contributed by atoms with Crippen LogP contribution in [-0.4, -0.2) is 33.9 Å². The molecule has 1 aliphatic carbocycles. The van der Waals surface area contributed by atoms with E-state index >= 15 is 0 Å². The first-order chi connectivity index (χ1) is 17.8. The Morgan fingerprint density at radius 3 is 2.22 bits per heavy atom. The maximum atomic E-state index is 13.2. The van der Waals surface area contributed by atoms with Gasteiger partial charge in [0.25, 0.3) is 0 Å². The highest BCUT2D eigenvalue weighted by Gasteiger charge is 2.33. The number of nitrogens with one attached hydrogen (secondary N) is 4. The molecule has 3 aromatic rings. The lowest BCUT2D eigenvalue weighted by Crippen LogP contribution is -2.36. The number of rotatable bonds is 9. The van der Waals surface area contributed by atoms with E-state index in [9.17, 15) is 18.0 Å². The molecule has 0 radical (unpaired) electrons. The molecule has 37 heavy (non-hydrogen) atoms. The molecule has 1 heterocycles. The largest absolute Gasteiger partial charge is 0.416 e. The molecule has 0 unspecified atom stereocenters. The highest BCUT2D eigenvalue weighted by molar-refractivity contribution is 5.78. The molecule has 2 aromatic carbocycles. The number of carbonyl (C=O) groups excluding carboxylic acids is 1. The van der Waals surface area contributed by atoms with Gasteiger partial charge in [-0.05, 0) is 42.9 Å². The molecule has 1 fully saturated rings. The van der Waals surface area contributed by atoms with Crippen molar-refractivity contribution in [3.63, 3.8) is 0 Å². The lowest BCUT2D eigenvalue weighted by molar-refractivity contribution is -0.138. The van der Waals surface area contributed by atoms with Gasteiger partial charge in [0.1, 0.15) is 0 Å². The van der Waals surface area contributed by atoms with E-state index in [2.05, 4.69) is 36.2 Å². The van der Waals surface area contributed by atoms with Crippen molar-refractivity contribution in [1.82, 2.24) is 20.3 Å². The fourth-order valence-electron chi connectivity index (χ4n) is 4.37. The maximum absolute atomic E-state index is 13.2. The van der Waals surface area contributed by atoms with Crippen molar-refractivity contribution in [2.24, 2.45) is 5.92 Å². The third-order valence-corrected chi connectivity index (χ3v) is 6.36. The van der Waals surface area contributed by atoms with E-state index in [4.69, 9.17) is 0 Å². The van der Waals surface area contributed by atoms with Crippen LogP contribution >= 0.6 is 0 Å². The van der Waals surface area contributed by atoms with Gasteiger partial charge in [-0.1, -0.05) is 48.5 Å². The topological polar surface area (TPSA) is 104 Å². The lowest BCUT2D eigenvalue weighted by atomic mass is 9.85. The van der Waals surface area contributed by atoms with Crippen molar-refractivity contribution in [2.75, 3.05) is 23.0 Å². The molecule has 0 atom stereocenters. The zero-order valence-electron chi connectivity index (χ0n) is 20.5. The van der Waals surface area contributed by atoms with Gasteiger partial charge in [0.15, 0.2) is 0 Å². The molecule has 0 bridgehead atoms. The summed E-state index contributed by atoms with van der Waals surface area (Å²) in [5.74, 6) is 0.843. The Bertz CT molecular complexity index is 1180. The summed E-state index contributed by atoms with van der Waals surface area (Å²) in [4.78, 5) is 25.9. The summed E-state index contributed by atoms with van der Waals surface area (Å²) in [5, 5.41) is 12.2. The van der Waals surface area contributed by atoms with Crippen LogP contribution in [0.4, 0.5) is 31.0 Å². The third-order valence-electron chi connectivity index (χ3n) is 6.36. The number of aromatic nitrogens is 3. The Hall–Kier alpha value is -3.89. The Kier molecular flexibility index (Phi) is 8.42. The summed E-state index contributed by atoms with van der Waals surface area (Å²) in [7, 11) is 1.73. The second-order valence-corrected chi connectivity index (χ2v) is 8.96. The van der Waals surface area contributed by atoms with Crippen LogP contribution in [0.5, 0.6) is 0 Å². The minimum absolute atomic E-state index is 0.0607. The van der Waals surface area contributed by atoms with Crippen LogP contribution in [0.3, 0.4) is 0 Å². The Morgan fingerprint density at radius 1 is 0.865 bits per heavy atom. The molecule has 1 amide bonds. The number of amides is 1. The quantitative estimate of drug-likeness (QED) is 0.325. The van der Waals surface area contributed by atoms with Crippen molar-refractivity contribution in [1.29, 1.82) is 0 Å². The molecule has 196 valence electrons. The van der Waals surface area contributed by atoms with Gasteiger partial charge in [-0.3, -0.25) is 4.79 Å². The molecule has 0 aliphatic heterocycles. The zero-order valence-corrected chi connectivity index (χ0v) is 20.5. The molecular formula is C26H30F3N7O. The first kappa shape index (κ1) is 26.2. The average Bonchev–Trinajstić information content (AvgIpc) is 2.91. The van der Waals surface area contributed by atoms with Gasteiger partial charge in [0.05, 0.1) is 5.56 Å². The number of hydrogen-bond acceptors (Lipinski definition) is 7. The minimum Gasteiger partial charge on any atom is -0.357 e. The first-order valence-electron chi connectivity index (χ1n) is 12.2. The van der Waals surface area contributed by atoms with Crippen LogP contribution in [0.2, 0.25) is 0 Å². The molecular weight excluding hydrogens is 483 g/mol. The van der Waals surface area contributed by atoms with Gasteiger partial charge in [0, 0.05) is 32.1 Å². The lowest BCUT2D eigenvalue weighted by Gasteiger charge is -2.28. The van der Waals surface area contributed by atoms with Crippen molar-refractivity contribution in [3.8, 4) is 0 Å². The van der Waals surface area contributed by atoms with Crippen molar-refractivity contribution >= 4 is 23.8 Å². The SMILES string of the molecule is CNc1nc(NCc2ccccc2)nc(N[C@H]2CC[C@@H](C(=O)NCc3ccccc3C(F)(F)F)CC2)n1. The molecule has 8 nitrogen and oxygen atoms in total. The van der Waals surface area contributed by atoms with Gasteiger partial charge in [-0.25, -0.2) is 0 Å². The van der Waals surface area contributed by atoms with E-state index in [0.717, 1.165) is 11.6 Å². The number of benzene rings is 2. The predicted octanol–water partition coefficient (Wildman–Crippen LogP) is 4.83. The van der Waals surface area contributed by atoms with Crippen LogP contribution in [0.25, 0.3) is 0 Å². The van der Waals surface area contributed by atoms with Crippen LogP contribution < -0.4 is 21.3 Å². The monoisotopic (exact) mass is 513 g/mol. The average molecular weight is 514 g/mol. The molecule has 1 aromatic heterocycles. The number of halogens is 3. The Balaban J connectivity index is 1.29. The number of nitrogens with zero attached hydrogens (tertiary/aromatic N) is 3. The molecule has 0 spiro atoms. The first-order valence-corrected chi connectivity index (χ1v) is 12.2. The summed E-state index contributed by atoms with van der Waals surface area (Å²) < 4.78 is 39.6. The summed E-state index contributed by atoms with van der Waals surface area (Å²) >= 11 is 0. The normalized spacial score (nSPS) is 17.6. The van der Waals surface area contributed by atoms with Crippen LogP contribution in [0, 0.1) is 5.92 Å². The van der Waals surface area contributed by atoms with E-state index in [1.54, 1.807) is 7.05 Å². The standard InChI is InChI=1S/C26H30F3N7O/c1-30-23-34-24(32-15-17-7-3-2-4-8-17)36-25(35-23)33-20-13-11-18(12-14-20)22(37)31-16-19-9-5-6-10-21(19)26(27,28)29/h2-10,18,20H,11-16H2,1H3,(H,31,37)(H3,30,32,33,34,35,36)/t18-,20+. The fraction of sp³-hybridized carbons (Fsp3) is 0.385. The van der Waals surface area contributed by atoms with Gasteiger partial charge < -0.3 is 21.3 Å². The van der Waals surface area contributed by atoms with Crippen molar-refractivity contribution in [2.45, 2.75) is 51.0 Å². The molecule has 1 saturated carbocycles. The Labute approximate surface area is 213 Å². The number of anilines is 3. The summed E-state index contributed by atoms with van der Waals surface area (Å²) in [5.41, 5.74) is 0.437. The van der Waals surface area contributed by atoms with Crippen LogP contribution in [0.15, 0.2) is 54.6 Å². The van der Waals surface area contributed by atoms with Gasteiger partial charge in [0.2, 0.25) is 23.8 Å². The molecule has 11 heteroatoms. The molecule has 0 saturated heterocycles. The van der Waals surface area contributed by atoms with Crippen molar-refractivity contribution < 1.29 is 18.0 Å². The summed E-state index contributed by atoms with van der Waals surface area (Å²) in [6, 6.07) is 15.3. The zero-order chi connectivity index (χ0) is 26.3. The van der Waals surface area contributed by atoms with Gasteiger partial charge in [-0.2, -0.15) is 28.1 Å². The molecule has 4 N–H and O–H groups in total. The predicted molar refractivity (Wildman–Crippen MR) is 136 cm³/mol. The summed E-state index contributed by atoms with van der Waals surface area (Å²) in [6.45, 7) is 0.421. The third kappa shape index (κ3) is 7.31. The molecule has 1 aliphatic rings. The Morgan fingerprint density at radius 2 is 1.51 bits per heavy atom. The van der Waals surface area contributed by atoms with Gasteiger partial charge >= 0.3 is 6.18 Å². The van der Waals surface area contributed by atoms with Gasteiger partial charge in [-0.15, -0.1) is 0 Å². The van der Waals surface area contributed by atoms with Crippen molar-refractivity contribution in [3.05, 3.63) is 71.3 Å². The number of alkyl halides is 3. The van der Waals surface area contributed by atoms with E-state index < -0.39 is 11.7 Å². The second kappa shape index (κ2) is 11.9.